The Balaban J connectivity index is 1.51. The van der Waals surface area contributed by atoms with Crippen LogP contribution in [0, 0.1) is 0 Å². The van der Waals surface area contributed by atoms with Crippen LogP contribution in [-0.2, 0) is 6.42 Å². The fourth-order valence-electron chi connectivity index (χ4n) is 3.28. The molecule has 0 unspecified atom stereocenters. The largest absolute Gasteiger partial charge is 0.348 e. The number of hydrogen-bond acceptors (Lipinski definition) is 6. The van der Waals surface area contributed by atoms with Crippen LogP contribution in [0.4, 0.5) is 0 Å². The Morgan fingerprint density at radius 1 is 1.33 bits per heavy atom. The number of rotatable bonds is 6. The molecule has 1 saturated carbocycles. The van der Waals surface area contributed by atoms with Gasteiger partial charge in [0.05, 0.1) is 0 Å². The van der Waals surface area contributed by atoms with Crippen molar-refractivity contribution in [2.75, 3.05) is 0 Å². The monoisotopic (exact) mass is 366 g/mol. The van der Waals surface area contributed by atoms with Crippen LogP contribution < -0.4 is 5.32 Å². The van der Waals surface area contributed by atoms with Crippen molar-refractivity contribution in [2.24, 2.45) is 0 Å². The molecule has 1 amide bonds. The smallest absolute Gasteiger partial charge is 0.271 e. The number of nitrogens with zero attached hydrogens (tertiary/aromatic N) is 5. The molecule has 3 heterocycles. The molecule has 4 rings (SSSR count). The van der Waals surface area contributed by atoms with E-state index in [0.29, 0.717) is 23.2 Å². The second-order valence-electron chi connectivity index (χ2n) is 6.79. The zero-order valence-corrected chi connectivity index (χ0v) is 15.3. The van der Waals surface area contributed by atoms with Gasteiger partial charge < -0.3 is 9.84 Å². The number of pyridine rings is 1. The van der Waals surface area contributed by atoms with E-state index in [9.17, 15) is 4.79 Å². The minimum absolute atomic E-state index is 0.141. The van der Waals surface area contributed by atoms with Gasteiger partial charge in [-0.3, -0.25) is 9.36 Å². The van der Waals surface area contributed by atoms with Crippen molar-refractivity contribution >= 4 is 5.91 Å². The molecule has 140 valence electrons. The Kier molecular flexibility index (Phi) is 4.95. The van der Waals surface area contributed by atoms with Crippen LogP contribution in [-0.4, -0.2) is 36.6 Å². The molecule has 1 fully saturated rings. The molecule has 0 aromatic carbocycles. The Labute approximate surface area is 157 Å². The first-order valence-electron chi connectivity index (χ1n) is 9.37. The van der Waals surface area contributed by atoms with E-state index < -0.39 is 0 Å². The lowest BCUT2D eigenvalue weighted by atomic mass is 10.2. The molecule has 0 saturated heterocycles. The average molecular weight is 366 g/mol. The summed E-state index contributed by atoms with van der Waals surface area (Å²) in [6.45, 7) is 2.07. The Bertz CT molecular complexity index is 926. The van der Waals surface area contributed by atoms with E-state index in [4.69, 9.17) is 4.52 Å². The highest BCUT2D eigenvalue weighted by Crippen LogP contribution is 2.20. The summed E-state index contributed by atoms with van der Waals surface area (Å²) >= 11 is 0. The minimum atomic E-state index is -0.141. The van der Waals surface area contributed by atoms with Gasteiger partial charge in [-0.25, -0.2) is 9.97 Å². The highest BCUT2D eigenvalue weighted by molar-refractivity contribution is 5.92. The molecular weight excluding hydrogens is 344 g/mol. The van der Waals surface area contributed by atoms with Gasteiger partial charge in [-0.05, 0) is 31.4 Å². The van der Waals surface area contributed by atoms with Crippen LogP contribution in [0.25, 0.3) is 17.3 Å². The molecule has 8 nitrogen and oxygen atoms in total. The number of aryl methyl sites for hydroxylation is 1. The van der Waals surface area contributed by atoms with Gasteiger partial charge in [-0.15, -0.1) is 0 Å². The fourth-order valence-corrected chi connectivity index (χ4v) is 3.28. The van der Waals surface area contributed by atoms with Gasteiger partial charge in [0, 0.05) is 30.4 Å². The van der Waals surface area contributed by atoms with Crippen molar-refractivity contribution < 1.29 is 9.32 Å². The normalized spacial score (nSPS) is 14.6. The predicted octanol–water partition coefficient (Wildman–Crippen LogP) is 2.94. The van der Waals surface area contributed by atoms with Gasteiger partial charge in [0.15, 0.2) is 5.82 Å². The summed E-state index contributed by atoms with van der Waals surface area (Å²) in [5.41, 5.74) is 1.16. The lowest BCUT2D eigenvalue weighted by Gasteiger charge is -2.09. The molecule has 8 heteroatoms. The zero-order chi connectivity index (χ0) is 18.6. The third-order valence-corrected chi connectivity index (χ3v) is 4.70. The Morgan fingerprint density at radius 3 is 3.00 bits per heavy atom. The quantitative estimate of drug-likeness (QED) is 0.720. The first-order valence-corrected chi connectivity index (χ1v) is 9.37. The number of nitrogens with one attached hydrogen (secondary N) is 1. The molecule has 0 spiro atoms. The van der Waals surface area contributed by atoms with Gasteiger partial charge in [0.25, 0.3) is 11.8 Å². The number of aromatic nitrogens is 5. The SMILES string of the molecule is CCCc1noc(-c2ccnc(-n3cnc(C(=O)NC4CCCC4)c3)c2)n1. The molecule has 27 heavy (non-hydrogen) atoms. The van der Waals surface area contributed by atoms with E-state index in [1.807, 2.05) is 12.1 Å². The van der Waals surface area contributed by atoms with Gasteiger partial charge >= 0.3 is 0 Å². The molecule has 0 bridgehead atoms. The van der Waals surface area contributed by atoms with Gasteiger partial charge in [0.1, 0.15) is 17.8 Å². The summed E-state index contributed by atoms with van der Waals surface area (Å²) in [6, 6.07) is 3.92. The third-order valence-electron chi connectivity index (χ3n) is 4.70. The third kappa shape index (κ3) is 3.89. The van der Waals surface area contributed by atoms with Crippen molar-refractivity contribution in [2.45, 2.75) is 51.5 Å². The van der Waals surface area contributed by atoms with Crippen LogP contribution in [0.15, 0.2) is 35.4 Å². The average Bonchev–Trinajstić information content (AvgIpc) is 3.44. The summed E-state index contributed by atoms with van der Waals surface area (Å²) in [5, 5.41) is 7.03. The maximum Gasteiger partial charge on any atom is 0.271 e. The topological polar surface area (TPSA) is 98.7 Å². The molecule has 1 aliphatic rings. The van der Waals surface area contributed by atoms with Crippen LogP contribution in [0.1, 0.15) is 55.3 Å². The molecule has 0 aliphatic heterocycles. The van der Waals surface area contributed by atoms with E-state index in [1.54, 1.807) is 23.3 Å². The second kappa shape index (κ2) is 7.69. The number of carbonyl (C=O) groups is 1. The highest BCUT2D eigenvalue weighted by Gasteiger charge is 2.19. The zero-order valence-electron chi connectivity index (χ0n) is 15.3. The number of hydrogen-bond donors (Lipinski definition) is 1. The lowest BCUT2D eigenvalue weighted by Crippen LogP contribution is -2.32. The van der Waals surface area contributed by atoms with Gasteiger partial charge in [-0.2, -0.15) is 4.98 Å². The maximum absolute atomic E-state index is 12.4. The molecule has 3 aromatic heterocycles. The van der Waals surface area contributed by atoms with Crippen molar-refractivity contribution in [3.8, 4) is 17.3 Å². The van der Waals surface area contributed by atoms with E-state index in [2.05, 4.69) is 32.3 Å². The van der Waals surface area contributed by atoms with Crippen molar-refractivity contribution in [1.82, 2.24) is 30.0 Å². The van der Waals surface area contributed by atoms with E-state index >= 15 is 0 Å². The molecular formula is C19H22N6O2. The second-order valence-corrected chi connectivity index (χ2v) is 6.79. The van der Waals surface area contributed by atoms with E-state index in [-0.39, 0.29) is 11.9 Å². The predicted molar refractivity (Wildman–Crippen MR) is 98.4 cm³/mol. The summed E-state index contributed by atoms with van der Waals surface area (Å²) in [6.07, 6.45) is 11.1. The van der Waals surface area contributed by atoms with Gasteiger partial charge in [0.2, 0.25) is 0 Å². The fraction of sp³-hybridized carbons (Fsp3) is 0.421. The molecule has 0 radical (unpaired) electrons. The summed E-state index contributed by atoms with van der Waals surface area (Å²) in [4.78, 5) is 25.3. The van der Waals surface area contributed by atoms with Crippen molar-refractivity contribution in [3.05, 3.63) is 42.4 Å². The minimum Gasteiger partial charge on any atom is -0.348 e. The lowest BCUT2D eigenvalue weighted by molar-refractivity contribution is 0.0933. The molecule has 3 aromatic rings. The van der Waals surface area contributed by atoms with Gasteiger partial charge in [-0.1, -0.05) is 24.9 Å². The first kappa shape index (κ1) is 17.4. The Morgan fingerprint density at radius 2 is 2.19 bits per heavy atom. The van der Waals surface area contributed by atoms with Crippen LogP contribution in [0.2, 0.25) is 0 Å². The number of amides is 1. The summed E-state index contributed by atoms with van der Waals surface area (Å²) < 4.78 is 7.05. The van der Waals surface area contributed by atoms with Crippen LogP contribution in [0.5, 0.6) is 0 Å². The molecule has 1 aliphatic carbocycles. The maximum atomic E-state index is 12.4. The summed E-state index contributed by atoms with van der Waals surface area (Å²) in [5.74, 6) is 1.65. The van der Waals surface area contributed by atoms with E-state index in [1.165, 1.54) is 12.8 Å². The Hall–Kier alpha value is -3.03. The van der Waals surface area contributed by atoms with Crippen molar-refractivity contribution in [3.63, 3.8) is 0 Å². The molecule has 0 atom stereocenters. The van der Waals surface area contributed by atoms with Crippen LogP contribution in [0.3, 0.4) is 0 Å². The van der Waals surface area contributed by atoms with Crippen LogP contribution >= 0.6 is 0 Å². The number of imidazole rings is 1. The van der Waals surface area contributed by atoms with Crippen molar-refractivity contribution in [1.29, 1.82) is 0 Å². The number of carbonyl (C=O) groups excluding carboxylic acids is 1. The highest BCUT2D eigenvalue weighted by atomic mass is 16.5. The molecule has 1 N–H and O–H groups in total. The summed E-state index contributed by atoms with van der Waals surface area (Å²) in [7, 11) is 0. The van der Waals surface area contributed by atoms with E-state index in [0.717, 1.165) is 31.2 Å². The first-order chi connectivity index (χ1) is 13.2. The standard InChI is InChI=1S/C19H22N6O2/c1-2-5-16-23-19(27-24-16)13-8-9-20-17(10-13)25-11-15(21-12-25)18(26)22-14-6-3-4-7-14/h8-12,14H,2-7H2,1H3,(H,22,26).